The molecule has 0 saturated carbocycles. The summed E-state index contributed by atoms with van der Waals surface area (Å²) in [5, 5.41) is 10.9. The maximum absolute atomic E-state index is 11.8. The summed E-state index contributed by atoms with van der Waals surface area (Å²) < 4.78 is 28.6. The zero-order valence-electron chi connectivity index (χ0n) is 12.2. The SMILES string of the molecule is CC(=O)[C@@](CC(=O)[O-])(C[N+](C)(C)C)OS(=O)(=O)CCN. The second-order valence-corrected chi connectivity index (χ2v) is 7.37. The van der Waals surface area contributed by atoms with Gasteiger partial charge in [-0.05, 0) is 6.92 Å². The van der Waals surface area contributed by atoms with Gasteiger partial charge in [0, 0.05) is 18.9 Å². The first-order valence-corrected chi connectivity index (χ1v) is 7.56. The molecule has 1 atom stereocenters. The highest BCUT2D eigenvalue weighted by molar-refractivity contribution is 7.86. The normalized spacial score (nSPS) is 15.7. The third-order valence-electron chi connectivity index (χ3n) is 2.46. The van der Waals surface area contributed by atoms with Crippen LogP contribution >= 0.6 is 0 Å². The van der Waals surface area contributed by atoms with Crippen LogP contribution in [-0.4, -0.2) is 70.2 Å². The van der Waals surface area contributed by atoms with E-state index in [1.807, 2.05) is 0 Å². The molecule has 0 fully saturated rings. The fourth-order valence-corrected chi connectivity index (χ4v) is 2.92. The highest BCUT2D eigenvalue weighted by Crippen LogP contribution is 2.23. The third kappa shape index (κ3) is 6.42. The molecule has 0 aliphatic heterocycles. The van der Waals surface area contributed by atoms with Gasteiger partial charge < -0.3 is 20.1 Å². The topological polar surface area (TPSA) is 127 Å². The van der Waals surface area contributed by atoms with Gasteiger partial charge in [-0.2, -0.15) is 8.42 Å². The largest absolute Gasteiger partial charge is 0.550 e. The number of carbonyl (C=O) groups is 2. The van der Waals surface area contributed by atoms with Crippen molar-refractivity contribution in [2.75, 3.05) is 40.0 Å². The van der Waals surface area contributed by atoms with Crippen molar-refractivity contribution < 1.29 is 31.8 Å². The quantitative estimate of drug-likeness (QED) is 0.367. The van der Waals surface area contributed by atoms with Gasteiger partial charge in [0.25, 0.3) is 10.1 Å². The number of Topliss-reactive ketones (excluding diaryl/α,β-unsaturated/α-hetero) is 1. The third-order valence-corrected chi connectivity index (χ3v) is 3.76. The van der Waals surface area contributed by atoms with E-state index < -0.39 is 39.6 Å². The van der Waals surface area contributed by atoms with Crippen LogP contribution in [0.25, 0.3) is 0 Å². The van der Waals surface area contributed by atoms with E-state index in [0.717, 1.165) is 6.92 Å². The van der Waals surface area contributed by atoms with Crippen LogP contribution < -0.4 is 10.8 Å². The standard InChI is InChI=1S/C11H22N2O6S/c1-9(14)11(7-10(15)16,8-13(2,3)4)19-20(17,18)6-5-12/h5-8,12H2,1-4H3/t11-/m1/s1. The van der Waals surface area contributed by atoms with E-state index in [4.69, 9.17) is 9.92 Å². The number of carbonyl (C=O) groups excluding carboxylic acids is 2. The van der Waals surface area contributed by atoms with Gasteiger partial charge in [0.1, 0.15) is 6.54 Å². The predicted octanol–water partition coefficient (Wildman–Crippen LogP) is -2.53. The average Bonchev–Trinajstić information content (AvgIpc) is 2.11. The molecule has 0 amide bonds. The Balaban J connectivity index is 5.63. The van der Waals surface area contributed by atoms with Crippen molar-refractivity contribution in [1.29, 1.82) is 0 Å². The highest BCUT2D eigenvalue weighted by Gasteiger charge is 2.45. The van der Waals surface area contributed by atoms with Crippen molar-refractivity contribution in [1.82, 2.24) is 0 Å². The summed E-state index contributed by atoms with van der Waals surface area (Å²) in [7, 11) is 0.960. The molecule has 0 aliphatic carbocycles. The second-order valence-electron chi connectivity index (χ2n) is 5.68. The summed E-state index contributed by atoms with van der Waals surface area (Å²) in [5.41, 5.74) is 3.18. The molecule has 2 N–H and O–H groups in total. The monoisotopic (exact) mass is 310 g/mol. The van der Waals surface area contributed by atoms with Crippen LogP contribution in [0.4, 0.5) is 0 Å². The minimum atomic E-state index is -4.10. The van der Waals surface area contributed by atoms with Crippen LogP contribution in [0.15, 0.2) is 0 Å². The Bertz CT molecular complexity index is 468. The molecule has 9 heteroatoms. The number of nitrogens with zero attached hydrogens (tertiary/aromatic N) is 1. The van der Waals surface area contributed by atoms with E-state index in [2.05, 4.69) is 0 Å². The van der Waals surface area contributed by atoms with E-state index in [1.165, 1.54) is 0 Å². The molecule has 0 spiro atoms. The number of quaternary nitrogens is 1. The number of ketones is 1. The lowest BCUT2D eigenvalue weighted by Crippen LogP contribution is -2.57. The minimum absolute atomic E-state index is 0.125. The molecule has 0 aromatic carbocycles. The maximum atomic E-state index is 11.8. The Morgan fingerprint density at radius 2 is 1.80 bits per heavy atom. The van der Waals surface area contributed by atoms with Crippen molar-refractivity contribution in [3.63, 3.8) is 0 Å². The predicted molar refractivity (Wildman–Crippen MR) is 69.9 cm³/mol. The van der Waals surface area contributed by atoms with Crippen molar-refractivity contribution >= 4 is 21.9 Å². The number of carboxylic acid groups (broad SMARTS) is 1. The van der Waals surface area contributed by atoms with E-state index in [-0.39, 0.29) is 17.6 Å². The Kier molecular flexibility index (Phi) is 6.27. The van der Waals surface area contributed by atoms with E-state index >= 15 is 0 Å². The zero-order valence-corrected chi connectivity index (χ0v) is 13.0. The minimum Gasteiger partial charge on any atom is -0.550 e. The van der Waals surface area contributed by atoms with Crippen LogP contribution in [0, 0.1) is 0 Å². The fourth-order valence-electron chi connectivity index (χ4n) is 1.83. The van der Waals surface area contributed by atoms with Gasteiger partial charge in [-0.25, -0.2) is 4.18 Å². The van der Waals surface area contributed by atoms with Crippen molar-refractivity contribution in [3.05, 3.63) is 0 Å². The summed E-state index contributed by atoms with van der Waals surface area (Å²) >= 11 is 0. The van der Waals surface area contributed by atoms with E-state index in [0.29, 0.717) is 0 Å². The van der Waals surface area contributed by atoms with Crippen LogP contribution in [0.5, 0.6) is 0 Å². The first kappa shape index (κ1) is 19.0. The van der Waals surface area contributed by atoms with Crippen LogP contribution in [0.3, 0.4) is 0 Å². The smallest absolute Gasteiger partial charge is 0.269 e. The molecular formula is C11H22N2O6S. The lowest BCUT2D eigenvalue weighted by Gasteiger charge is -2.36. The van der Waals surface area contributed by atoms with Gasteiger partial charge in [-0.3, -0.25) is 4.79 Å². The van der Waals surface area contributed by atoms with Crippen molar-refractivity contribution in [3.8, 4) is 0 Å². The Morgan fingerprint density at radius 3 is 2.10 bits per heavy atom. The summed E-state index contributed by atoms with van der Waals surface area (Å²) in [6.07, 6.45) is -0.832. The molecule has 0 aromatic heterocycles. The highest BCUT2D eigenvalue weighted by atomic mass is 32.2. The molecule has 20 heavy (non-hydrogen) atoms. The van der Waals surface area contributed by atoms with Crippen LogP contribution in [0.2, 0.25) is 0 Å². The van der Waals surface area contributed by atoms with Gasteiger partial charge in [0.05, 0.1) is 26.9 Å². The number of likely N-dealkylation sites (N-methyl/N-ethyl adjacent to an activating group) is 1. The Labute approximate surface area is 119 Å². The molecule has 0 unspecified atom stereocenters. The molecule has 0 aliphatic rings. The second kappa shape index (κ2) is 6.61. The van der Waals surface area contributed by atoms with Gasteiger partial charge in [0.15, 0.2) is 11.4 Å². The number of aliphatic carboxylic acids is 1. The van der Waals surface area contributed by atoms with Gasteiger partial charge in [-0.15, -0.1) is 0 Å². The number of nitrogens with two attached hydrogens (primary N) is 1. The van der Waals surface area contributed by atoms with E-state index in [1.54, 1.807) is 21.1 Å². The molecular weight excluding hydrogens is 288 g/mol. The molecule has 0 heterocycles. The first-order chi connectivity index (χ1) is 8.83. The Morgan fingerprint density at radius 1 is 1.30 bits per heavy atom. The number of rotatable bonds is 9. The zero-order chi connectivity index (χ0) is 16.2. The summed E-state index contributed by atoms with van der Waals surface area (Å²) in [6.45, 7) is 0.780. The molecule has 0 bridgehead atoms. The van der Waals surface area contributed by atoms with Gasteiger partial charge in [0.2, 0.25) is 0 Å². The Hall–Kier alpha value is -1.03. The fraction of sp³-hybridized carbons (Fsp3) is 0.818. The molecule has 118 valence electrons. The van der Waals surface area contributed by atoms with Crippen molar-refractivity contribution in [2.24, 2.45) is 5.73 Å². The lowest BCUT2D eigenvalue weighted by molar-refractivity contribution is -0.875. The summed E-state index contributed by atoms with van der Waals surface area (Å²) in [5.74, 6) is -2.74. The van der Waals surface area contributed by atoms with Crippen LogP contribution in [0.1, 0.15) is 13.3 Å². The van der Waals surface area contributed by atoms with E-state index in [9.17, 15) is 23.1 Å². The number of hydrogen-bond acceptors (Lipinski definition) is 7. The summed E-state index contributed by atoms with van der Waals surface area (Å²) in [4.78, 5) is 22.7. The lowest BCUT2D eigenvalue weighted by atomic mass is 9.94. The average molecular weight is 310 g/mol. The molecule has 8 nitrogen and oxygen atoms in total. The van der Waals surface area contributed by atoms with Crippen molar-refractivity contribution in [2.45, 2.75) is 18.9 Å². The number of carboxylic acids is 1. The first-order valence-electron chi connectivity index (χ1n) is 5.98. The summed E-state index contributed by atoms with van der Waals surface area (Å²) in [6, 6.07) is 0. The molecule has 0 saturated heterocycles. The molecule has 0 aromatic rings. The molecule has 0 rings (SSSR count). The maximum Gasteiger partial charge on any atom is 0.269 e. The van der Waals surface area contributed by atoms with Gasteiger partial charge >= 0.3 is 0 Å². The molecule has 0 radical (unpaired) electrons. The number of hydrogen-bond donors (Lipinski definition) is 1. The van der Waals surface area contributed by atoms with Crippen LogP contribution in [-0.2, 0) is 23.9 Å². The van der Waals surface area contributed by atoms with Gasteiger partial charge in [-0.1, -0.05) is 0 Å².